The second-order valence-corrected chi connectivity index (χ2v) is 8.77. The number of aromatic nitrogens is 1. The van der Waals surface area contributed by atoms with Crippen molar-refractivity contribution in [2.75, 3.05) is 41.7 Å². The molecule has 3 amide bonds. The number of nitrogens with one attached hydrogen (secondary N) is 2. The van der Waals surface area contributed by atoms with Gasteiger partial charge in [-0.25, -0.2) is 4.79 Å². The average Bonchev–Trinajstić information content (AvgIpc) is 2.86. The van der Waals surface area contributed by atoms with Crippen molar-refractivity contribution in [3.05, 3.63) is 82.6 Å². The Morgan fingerprint density at radius 2 is 1.50 bits per heavy atom. The number of nitrogens with zero attached hydrogens (tertiary/aromatic N) is 3. The van der Waals surface area contributed by atoms with Crippen LogP contribution in [0.25, 0.3) is 0 Å². The van der Waals surface area contributed by atoms with E-state index in [1.54, 1.807) is 35.5 Å². The first-order chi connectivity index (χ1) is 16.5. The van der Waals surface area contributed by atoms with Crippen LogP contribution in [0.5, 0.6) is 0 Å². The number of piperazine rings is 1. The van der Waals surface area contributed by atoms with Crippen molar-refractivity contribution in [2.45, 2.75) is 12.8 Å². The predicted octanol–water partition coefficient (Wildman–Crippen LogP) is 5.31. The summed E-state index contributed by atoms with van der Waals surface area (Å²) in [7, 11) is 0. The molecule has 0 aliphatic carbocycles. The maximum atomic E-state index is 12.6. The fourth-order valence-corrected chi connectivity index (χ4v) is 4.25. The maximum absolute atomic E-state index is 12.6. The Kier molecular flexibility index (Phi) is 7.87. The van der Waals surface area contributed by atoms with Crippen LogP contribution in [0, 0.1) is 0 Å². The smallest absolute Gasteiger partial charge is 0.322 e. The van der Waals surface area contributed by atoms with Crippen molar-refractivity contribution in [1.29, 1.82) is 0 Å². The zero-order valence-electron chi connectivity index (χ0n) is 18.5. The number of benzene rings is 2. The summed E-state index contributed by atoms with van der Waals surface area (Å²) in [6.45, 7) is 2.53. The lowest BCUT2D eigenvalue weighted by atomic mass is 10.1. The SMILES string of the molecule is O=C(CCc1ccncc1)Nc1ccc(N2CCN(C(=O)Nc3c(Cl)cccc3Cl)CC2)cc1. The Hall–Kier alpha value is -3.29. The summed E-state index contributed by atoms with van der Waals surface area (Å²) in [5.74, 6) is -0.0252. The summed E-state index contributed by atoms with van der Waals surface area (Å²) in [5, 5.41) is 6.56. The van der Waals surface area contributed by atoms with Crippen LogP contribution >= 0.6 is 23.2 Å². The molecule has 1 aliphatic heterocycles. The summed E-state index contributed by atoms with van der Waals surface area (Å²) < 4.78 is 0. The van der Waals surface area contributed by atoms with E-state index in [0.29, 0.717) is 54.8 Å². The molecule has 0 bridgehead atoms. The molecule has 34 heavy (non-hydrogen) atoms. The molecular formula is C25H25Cl2N5O2. The molecule has 2 N–H and O–H groups in total. The Balaban J connectivity index is 1.25. The molecule has 0 saturated carbocycles. The lowest BCUT2D eigenvalue weighted by Crippen LogP contribution is -2.50. The highest BCUT2D eigenvalue weighted by molar-refractivity contribution is 6.39. The lowest BCUT2D eigenvalue weighted by molar-refractivity contribution is -0.116. The number of aryl methyl sites for hydroxylation is 1. The van der Waals surface area contributed by atoms with Gasteiger partial charge in [-0.3, -0.25) is 9.78 Å². The van der Waals surface area contributed by atoms with E-state index in [2.05, 4.69) is 20.5 Å². The zero-order valence-corrected chi connectivity index (χ0v) is 20.0. The van der Waals surface area contributed by atoms with Gasteiger partial charge in [-0.2, -0.15) is 0 Å². The number of amides is 3. The van der Waals surface area contributed by atoms with Crippen molar-refractivity contribution in [3.8, 4) is 0 Å². The van der Waals surface area contributed by atoms with E-state index in [0.717, 1.165) is 16.9 Å². The number of anilines is 3. The third-order valence-corrected chi connectivity index (χ3v) is 6.30. The van der Waals surface area contributed by atoms with Crippen LogP contribution in [0.4, 0.5) is 21.9 Å². The summed E-state index contributed by atoms with van der Waals surface area (Å²) in [6, 6.07) is 16.5. The van der Waals surface area contributed by atoms with Crippen LogP contribution in [-0.2, 0) is 11.2 Å². The van der Waals surface area contributed by atoms with E-state index in [4.69, 9.17) is 23.2 Å². The first kappa shape index (κ1) is 23.9. The summed E-state index contributed by atoms with van der Waals surface area (Å²) in [6.07, 6.45) is 4.54. The van der Waals surface area contributed by atoms with Crippen LogP contribution in [0.3, 0.4) is 0 Å². The Labute approximate surface area is 208 Å². The Bertz CT molecular complexity index is 1110. The molecule has 1 aliphatic rings. The average molecular weight is 498 g/mol. The highest BCUT2D eigenvalue weighted by atomic mass is 35.5. The molecule has 0 radical (unpaired) electrons. The van der Waals surface area contributed by atoms with Crippen molar-refractivity contribution in [2.24, 2.45) is 0 Å². The number of urea groups is 1. The Morgan fingerprint density at radius 3 is 2.15 bits per heavy atom. The van der Waals surface area contributed by atoms with E-state index < -0.39 is 0 Å². The van der Waals surface area contributed by atoms with Crippen molar-refractivity contribution < 1.29 is 9.59 Å². The highest BCUT2D eigenvalue weighted by Crippen LogP contribution is 2.30. The number of pyridine rings is 1. The van der Waals surface area contributed by atoms with Crippen LogP contribution in [-0.4, -0.2) is 48.0 Å². The van der Waals surface area contributed by atoms with Gasteiger partial charge in [0.2, 0.25) is 5.91 Å². The number of carbonyl (C=O) groups is 2. The normalized spacial score (nSPS) is 13.5. The molecule has 0 unspecified atom stereocenters. The number of hydrogen-bond acceptors (Lipinski definition) is 4. The van der Waals surface area contributed by atoms with Crippen LogP contribution < -0.4 is 15.5 Å². The van der Waals surface area contributed by atoms with Gasteiger partial charge in [0.05, 0.1) is 15.7 Å². The van der Waals surface area contributed by atoms with Gasteiger partial charge in [0.25, 0.3) is 0 Å². The van der Waals surface area contributed by atoms with Crippen LogP contribution in [0.15, 0.2) is 67.0 Å². The monoisotopic (exact) mass is 497 g/mol. The van der Waals surface area contributed by atoms with Gasteiger partial charge in [0.15, 0.2) is 0 Å². The van der Waals surface area contributed by atoms with E-state index in [1.165, 1.54) is 0 Å². The highest BCUT2D eigenvalue weighted by Gasteiger charge is 2.22. The molecule has 3 aromatic rings. The molecule has 0 atom stereocenters. The van der Waals surface area contributed by atoms with Crippen molar-refractivity contribution in [3.63, 3.8) is 0 Å². The van der Waals surface area contributed by atoms with Gasteiger partial charge in [-0.1, -0.05) is 29.3 Å². The van der Waals surface area contributed by atoms with E-state index >= 15 is 0 Å². The van der Waals surface area contributed by atoms with Gasteiger partial charge in [-0.15, -0.1) is 0 Å². The van der Waals surface area contributed by atoms with Gasteiger partial charge in [0.1, 0.15) is 0 Å². The number of rotatable bonds is 6. The summed E-state index contributed by atoms with van der Waals surface area (Å²) in [5.41, 5.74) is 3.32. The zero-order chi connectivity index (χ0) is 23.9. The predicted molar refractivity (Wildman–Crippen MR) is 137 cm³/mol. The number of hydrogen-bond donors (Lipinski definition) is 2. The van der Waals surface area contributed by atoms with Crippen LogP contribution in [0.2, 0.25) is 10.0 Å². The Morgan fingerprint density at radius 1 is 0.853 bits per heavy atom. The minimum Gasteiger partial charge on any atom is -0.368 e. The first-order valence-corrected chi connectivity index (χ1v) is 11.8. The molecule has 9 heteroatoms. The standard InChI is InChI=1S/C25H25Cl2N5O2/c26-21-2-1-3-22(27)24(21)30-25(34)32-16-14-31(15-17-32)20-7-5-19(6-8-20)29-23(33)9-4-18-10-12-28-13-11-18/h1-3,5-8,10-13H,4,9,14-17H2,(H,29,33)(H,30,34). The second kappa shape index (κ2) is 11.2. The number of carbonyl (C=O) groups excluding carboxylic acids is 2. The number of para-hydroxylation sites is 1. The second-order valence-electron chi connectivity index (χ2n) is 7.95. The molecule has 7 nitrogen and oxygen atoms in total. The molecule has 2 aromatic carbocycles. The largest absolute Gasteiger partial charge is 0.368 e. The molecule has 0 spiro atoms. The molecule has 176 valence electrons. The first-order valence-electron chi connectivity index (χ1n) is 11.0. The quantitative estimate of drug-likeness (QED) is 0.483. The van der Waals surface area contributed by atoms with Gasteiger partial charge >= 0.3 is 6.03 Å². The fraction of sp³-hybridized carbons (Fsp3) is 0.240. The molecule has 1 fully saturated rings. The third kappa shape index (κ3) is 6.18. The van der Waals surface area contributed by atoms with Crippen molar-refractivity contribution in [1.82, 2.24) is 9.88 Å². The lowest BCUT2D eigenvalue weighted by Gasteiger charge is -2.36. The van der Waals surface area contributed by atoms with Crippen LogP contribution in [0.1, 0.15) is 12.0 Å². The van der Waals surface area contributed by atoms with Crippen molar-refractivity contribution >= 4 is 52.2 Å². The topological polar surface area (TPSA) is 77.6 Å². The fourth-order valence-electron chi connectivity index (χ4n) is 3.76. The minimum atomic E-state index is -0.223. The van der Waals surface area contributed by atoms with E-state index in [9.17, 15) is 9.59 Å². The molecular weight excluding hydrogens is 473 g/mol. The maximum Gasteiger partial charge on any atom is 0.322 e. The molecule has 4 rings (SSSR count). The summed E-state index contributed by atoms with van der Waals surface area (Å²) in [4.78, 5) is 32.8. The minimum absolute atomic E-state index is 0.0252. The molecule has 1 saturated heterocycles. The summed E-state index contributed by atoms with van der Waals surface area (Å²) >= 11 is 12.3. The molecule has 1 aromatic heterocycles. The van der Waals surface area contributed by atoms with E-state index in [-0.39, 0.29) is 11.9 Å². The molecule has 2 heterocycles. The third-order valence-electron chi connectivity index (χ3n) is 5.67. The number of halogens is 2. The van der Waals surface area contributed by atoms with E-state index in [1.807, 2.05) is 36.4 Å². The van der Waals surface area contributed by atoms with Gasteiger partial charge in [-0.05, 0) is 60.5 Å². The van der Waals surface area contributed by atoms with Gasteiger partial charge in [0, 0.05) is 56.4 Å². The van der Waals surface area contributed by atoms with Gasteiger partial charge < -0.3 is 20.4 Å².